The van der Waals surface area contributed by atoms with Crippen LogP contribution in [0.3, 0.4) is 0 Å². The predicted octanol–water partition coefficient (Wildman–Crippen LogP) is 2.48. The molecule has 1 fully saturated rings. The molecule has 3 heteroatoms. The molecule has 0 radical (unpaired) electrons. The van der Waals surface area contributed by atoms with Crippen molar-refractivity contribution in [1.82, 2.24) is 4.31 Å². The molecule has 1 saturated heterocycles. The number of anilines is 1. The highest BCUT2D eigenvalue weighted by molar-refractivity contribution is 7.96. The van der Waals surface area contributed by atoms with Crippen molar-refractivity contribution in [1.29, 1.82) is 0 Å². The number of nitrogens with zero attached hydrogens (tertiary/aromatic N) is 2. The normalized spacial score (nSPS) is 18.1. The van der Waals surface area contributed by atoms with E-state index >= 15 is 0 Å². The van der Waals surface area contributed by atoms with Gasteiger partial charge in [-0.2, -0.15) is 0 Å². The Balaban J connectivity index is 1.88. The fourth-order valence-electron chi connectivity index (χ4n) is 1.90. The van der Waals surface area contributed by atoms with Crippen molar-refractivity contribution >= 4 is 17.6 Å². The van der Waals surface area contributed by atoms with Crippen molar-refractivity contribution in [3.63, 3.8) is 0 Å². The van der Waals surface area contributed by atoms with Gasteiger partial charge >= 0.3 is 0 Å². The molecule has 1 aliphatic heterocycles. The van der Waals surface area contributed by atoms with Crippen molar-refractivity contribution in [2.24, 2.45) is 0 Å². The lowest BCUT2D eigenvalue weighted by atomic mass is 10.2. The summed E-state index contributed by atoms with van der Waals surface area (Å²) in [6.07, 6.45) is 0. The first-order valence-electron chi connectivity index (χ1n) is 5.58. The largest absolute Gasteiger partial charge is 0.369 e. The molecular weight excluding hydrogens is 204 g/mol. The molecule has 0 bridgehead atoms. The van der Waals surface area contributed by atoms with Crippen LogP contribution < -0.4 is 4.90 Å². The molecule has 82 valence electrons. The molecule has 1 aliphatic rings. The first-order valence-corrected chi connectivity index (χ1v) is 6.52. The van der Waals surface area contributed by atoms with E-state index in [4.69, 9.17) is 0 Å². The number of rotatable bonds is 3. The highest BCUT2D eigenvalue weighted by atomic mass is 32.2. The van der Waals surface area contributed by atoms with E-state index in [1.807, 2.05) is 11.9 Å². The van der Waals surface area contributed by atoms with E-state index in [0.717, 1.165) is 13.1 Å². The van der Waals surface area contributed by atoms with Crippen molar-refractivity contribution in [2.45, 2.75) is 6.92 Å². The van der Waals surface area contributed by atoms with Crippen LogP contribution in [0.25, 0.3) is 0 Å². The van der Waals surface area contributed by atoms with Crippen molar-refractivity contribution in [2.75, 3.05) is 36.8 Å². The Morgan fingerprint density at radius 2 is 1.73 bits per heavy atom. The second-order valence-electron chi connectivity index (χ2n) is 3.67. The second kappa shape index (κ2) is 5.42. The number of hydrogen-bond acceptors (Lipinski definition) is 3. The molecule has 0 spiro atoms. The molecule has 0 saturated carbocycles. The Bertz CT molecular complexity index is 281. The number of benzene rings is 1. The molecule has 0 aromatic heterocycles. The zero-order valence-electron chi connectivity index (χ0n) is 9.22. The Morgan fingerprint density at radius 3 is 2.33 bits per heavy atom. The van der Waals surface area contributed by atoms with Gasteiger partial charge in [0, 0.05) is 37.6 Å². The van der Waals surface area contributed by atoms with Crippen LogP contribution in [-0.4, -0.2) is 36.2 Å². The summed E-state index contributed by atoms with van der Waals surface area (Å²) >= 11 is 1.96. The number of hydrogen-bond donors (Lipinski definition) is 0. The average Bonchev–Trinajstić information content (AvgIpc) is 2.32. The average molecular weight is 222 g/mol. The van der Waals surface area contributed by atoms with Crippen LogP contribution in [0.5, 0.6) is 0 Å². The summed E-state index contributed by atoms with van der Waals surface area (Å²) in [4.78, 5) is 2.46. The van der Waals surface area contributed by atoms with E-state index in [0.29, 0.717) is 0 Å². The SMILES string of the molecule is CCSN1CCN(c2ccccc2)CC1. The smallest absolute Gasteiger partial charge is 0.0367 e. The van der Waals surface area contributed by atoms with Crippen LogP contribution in [0.2, 0.25) is 0 Å². The van der Waals surface area contributed by atoms with E-state index in [-0.39, 0.29) is 0 Å². The van der Waals surface area contributed by atoms with Crippen LogP contribution >= 0.6 is 11.9 Å². The van der Waals surface area contributed by atoms with Gasteiger partial charge in [-0.15, -0.1) is 0 Å². The lowest BCUT2D eigenvalue weighted by molar-refractivity contribution is 0.430. The van der Waals surface area contributed by atoms with Gasteiger partial charge in [-0.1, -0.05) is 37.1 Å². The van der Waals surface area contributed by atoms with Crippen molar-refractivity contribution < 1.29 is 0 Å². The van der Waals surface area contributed by atoms with E-state index in [9.17, 15) is 0 Å². The Morgan fingerprint density at radius 1 is 1.07 bits per heavy atom. The molecule has 0 amide bonds. The monoisotopic (exact) mass is 222 g/mol. The Hall–Kier alpha value is -0.670. The molecule has 2 rings (SSSR count). The van der Waals surface area contributed by atoms with Crippen LogP contribution in [0.1, 0.15) is 6.92 Å². The van der Waals surface area contributed by atoms with Crippen molar-refractivity contribution in [3.8, 4) is 0 Å². The molecular formula is C12H18N2S. The molecule has 1 aromatic carbocycles. The third kappa shape index (κ3) is 2.89. The van der Waals surface area contributed by atoms with E-state index in [1.165, 1.54) is 24.5 Å². The molecule has 0 atom stereocenters. The maximum Gasteiger partial charge on any atom is 0.0367 e. The Labute approximate surface area is 96.4 Å². The second-order valence-corrected chi connectivity index (χ2v) is 5.02. The summed E-state index contributed by atoms with van der Waals surface area (Å²) in [6, 6.07) is 10.7. The number of piperazine rings is 1. The fourth-order valence-corrected chi connectivity index (χ4v) is 2.68. The number of para-hydroxylation sites is 1. The third-order valence-corrected chi connectivity index (χ3v) is 3.66. The third-order valence-electron chi connectivity index (χ3n) is 2.67. The van der Waals surface area contributed by atoms with Gasteiger partial charge in [0.1, 0.15) is 0 Å². The van der Waals surface area contributed by atoms with E-state index in [1.54, 1.807) is 0 Å². The molecule has 0 aliphatic carbocycles. The lowest BCUT2D eigenvalue weighted by Crippen LogP contribution is -2.43. The minimum Gasteiger partial charge on any atom is -0.369 e. The summed E-state index contributed by atoms with van der Waals surface area (Å²) in [6.45, 7) is 6.86. The summed E-state index contributed by atoms with van der Waals surface area (Å²) < 4.78 is 2.47. The summed E-state index contributed by atoms with van der Waals surface area (Å²) in [5, 5.41) is 0. The summed E-state index contributed by atoms with van der Waals surface area (Å²) in [5.74, 6) is 1.19. The maximum atomic E-state index is 2.47. The highest BCUT2D eigenvalue weighted by Gasteiger charge is 2.16. The minimum atomic E-state index is 1.15. The van der Waals surface area contributed by atoms with Gasteiger partial charge < -0.3 is 4.90 Å². The van der Waals surface area contributed by atoms with Crippen LogP contribution in [0.15, 0.2) is 30.3 Å². The molecule has 1 aromatic rings. The van der Waals surface area contributed by atoms with Crippen molar-refractivity contribution in [3.05, 3.63) is 30.3 Å². The van der Waals surface area contributed by atoms with Gasteiger partial charge in [0.15, 0.2) is 0 Å². The van der Waals surface area contributed by atoms with Gasteiger partial charge in [0.05, 0.1) is 0 Å². The van der Waals surface area contributed by atoms with E-state index < -0.39 is 0 Å². The van der Waals surface area contributed by atoms with Gasteiger partial charge in [0.2, 0.25) is 0 Å². The molecule has 0 N–H and O–H groups in total. The minimum absolute atomic E-state index is 1.15. The molecule has 15 heavy (non-hydrogen) atoms. The fraction of sp³-hybridized carbons (Fsp3) is 0.500. The summed E-state index contributed by atoms with van der Waals surface area (Å²) in [7, 11) is 0. The highest BCUT2D eigenvalue weighted by Crippen LogP contribution is 2.18. The Kier molecular flexibility index (Phi) is 3.92. The van der Waals surface area contributed by atoms with Gasteiger partial charge in [-0.25, -0.2) is 4.31 Å². The summed E-state index contributed by atoms with van der Waals surface area (Å²) in [5.41, 5.74) is 1.36. The first kappa shape index (κ1) is 10.8. The van der Waals surface area contributed by atoms with Gasteiger partial charge in [-0.3, -0.25) is 0 Å². The topological polar surface area (TPSA) is 6.48 Å². The van der Waals surface area contributed by atoms with Gasteiger partial charge in [-0.05, 0) is 12.1 Å². The van der Waals surface area contributed by atoms with Crippen LogP contribution in [-0.2, 0) is 0 Å². The van der Waals surface area contributed by atoms with Crippen LogP contribution in [0, 0.1) is 0 Å². The maximum absolute atomic E-state index is 2.47. The predicted molar refractivity (Wildman–Crippen MR) is 68.4 cm³/mol. The first-order chi connectivity index (χ1) is 7.40. The molecule has 1 heterocycles. The zero-order chi connectivity index (χ0) is 10.5. The van der Waals surface area contributed by atoms with Crippen LogP contribution in [0.4, 0.5) is 5.69 Å². The lowest BCUT2D eigenvalue weighted by Gasteiger charge is -2.35. The standard InChI is InChI=1S/C12H18N2S/c1-2-15-14-10-8-13(9-11-14)12-6-4-3-5-7-12/h3-7H,2,8-11H2,1H3. The quantitative estimate of drug-likeness (QED) is 0.725. The van der Waals surface area contributed by atoms with Gasteiger partial charge in [0.25, 0.3) is 0 Å². The van der Waals surface area contributed by atoms with E-state index in [2.05, 4.69) is 46.5 Å². The molecule has 0 unspecified atom stereocenters. The zero-order valence-corrected chi connectivity index (χ0v) is 10.0. The molecule has 2 nitrogen and oxygen atoms in total.